The lowest BCUT2D eigenvalue weighted by molar-refractivity contribution is 0.406. The highest BCUT2D eigenvalue weighted by molar-refractivity contribution is 7.80. The van der Waals surface area contributed by atoms with Crippen molar-refractivity contribution in [3.05, 3.63) is 23.8 Å². The van der Waals surface area contributed by atoms with Crippen molar-refractivity contribution in [2.75, 3.05) is 12.9 Å². The third-order valence-corrected chi connectivity index (χ3v) is 1.90. The predicted octanol–water partition coefficient (Wildman–Crippen LogP) is 1.87. The van der Waals surface area contributed by atoms with Gasteiger partial charge in [0.15, 0.2) is 0 Å². The number of hydrogen-bond donors (Lipinski definition) is 2. The second-order valence-corrected chi connectivity index (χ2v) is 2.92. The van der Waals surface area contributed by atoms with E-state index in [0.29, 0.717) is 5.75 Å². The lowest BCUT2D eigenvalue weighted by Crippen LogP contribution is -1.88. The number of benzene rings is 1. The van der Waals surface area contributed by atoms with E-state index >= 15 is 0 Å². The van der Waals surface area contributed by atoms with Crippen LogP contribution >= 0.6 is 12.6 Å². The Hall–Kier alpha value is -0.830. The SMILES string of the molecule is COc1ccc(CCS)c(O)c1. The molecule has 0 spiro atoms. The maximum absolute atomic E-state index is 9.44. The fourth-order valence-corrected chi connectivity index (χ4v) is 1.24. The van der Waals surface area contributed by atoms with E-state index in [1.165, 1.54) is 0 Å². The van der Waals surface area contributed by atoms with Gasteiger partial charge in [0.05, 0.1) is 7.11 Å². The molecule has 0 amide bonds. The van der Waals surface area contributed by atoms with Gasteiger partial charge in [-0.15, -0.1) is 0 Å². The minimum absolute atomic E-state index is 0.281. The topological polar surface area (TPSA) is 29.5 Å². The van der Waals surface area contributed by atoms with Crippen LogP contribution in [0.2, 0.25) is 0 Å². The number of hydrogen-bond acceptors (Lipinski definition) is 3. The molecule has 3 heteroatoms. The Morgan fingerprint density at radius 2 is 2.25 bits per heavy atom. The van der Waals surface area contributed by atoms with Crippen LogP contribution in [0.5, 0.6) is 11.5 Å². The van der Waals surface area contributed by atoms with E-state index in [0.717, 1.165) is 17.7 Å². The Morgan fingerprint density at radius 1 is 1.50 bits per heavy atom. The van der Waals surface area contributed by atoms with Crippen LogP contribution in [0, 0.1) is 0 Å². The number of aromatic hydroxyl groups is 1. The summed E-state index contributed by atoms with van der Waals surface area (Å²) in [5.74, 6) is 1.69. The summed E-state index contributed by atoms with van der Waals surface area (Å²) in [7, 11) is 1.58. The van der Waals surface area contributed by atoms with Gasteiger partial charge in [0.2, 0.25) is 0 Å². The number of phenols is 1. The van der Waals surface area contributed by atoms with Gasteiger partial charge in [-0.05, 0) is 23.8 Å². The molecule has 2 nitrogen and oxygen atoms in total. The van der Waals surface area contributed by atoms with Crippen molar-refractivity contribution in [3.63, 3.8) is 0 Å². The van der Waals surface area contributed by atoms with E-state index in [-0.39, 0.29) is 5.75 Å². The molecule has 0 fully saturated rings. The maximum Gasteiger partial charge on any atom is 0.122 e. The molecule has 0 aromatic heterocycles. The molecule has 1 rings (SSSR count). The summed E-state index contributed by atoms with van der Waals surface area (Å²) in [6.45, 7) is 0. The zero-order valence-electron chi connectivity index (χ0n) is 6.95. The molecule has 0 aliphatic carbocycles. The highest BCUT2D eigenvalue weighted by atomic mass is 32.1. The van der Waals surface area contributed by atoms with E-state index in [1.54, 1.807) is 13.2 Å². The molecule has 0 aliphatic rings. The molecule has 0 saturated heterocycles. The van der Waals surface area contributed by atoms with Crippen LogP contribution in [0.4, 0.5) is 0 Å². The van der Waals surface area contributed by atoms with Crippen molar-refractivity contribution in [3.8, 4) is 11.5 Å². The first-order valence-electron chi connectivity index (χ1n) is 3.74. The van der Waals surface area contributed by atoms with Crippen molar-refractivity contribution in [1.82, 2.24) is 0 Å². The molecule has 0 unspecified atom stereocenters. The third-order valence-electron chi connectivity index (χ3n) is 1.67. The van der Waals surface area contributed by atoms with E-state index in [2.05, 4.69) is 12.6 Å². The molecule has 0 saturated carbocycles. The highest BCUT2D eigenvalue weighted by Gasteiger charge is 2.00. The van der Waals surface area contributed by atoms with E-state index < -0.39 is 0 Å². The molecule has 0 aliphatic heterocycles. The molecule has 1 aromatic carbocycles. The minimum Gasteiger partial charge on any atom is -0.508 e. The summed E-state index contributed by atoms with van der Waals surface area (Å²) in [6, 6.07) is 5.29. The molecule has 0 radical (unpaired) electrons. The first-order chi connectivity index (χ1) is 5.77. The normalized spacial score (nSPS) is 9.83. The average Bonchev–Trinajstić information content (AvgIpc) is 2.09. The van der Waals surface area contributed by atoms with Crippen LogP contribution < -0.4 is 4.74 Å². The number of rotatable bonds is 3. The van der Waals surface area contributed by atoms with Crippen molar-refractivity contribution in [2.45, 2.75) is 6.42 Å². The zero-order chi connectivity index (χ0) is 8.97. The summed E-state index contributed by atoms with van der Waals surface area (Å²) in [4.78, 5) is 0. The fraction of sp³-hybridized carbons (Fsp3) is 0.333. The van der Waals surface area contributed by atoms with Crippen molar-refractivity contribution in [1.29, 1.82) is 0 Å². The van der Waals surface area contributed by atoms with Gasteiger partial charge < -0.3 is 9.84 Å². The Bertz CT molecular complexity index is 261. The van der Waals surface area contributed by atoms with E-state index in [9.17, 15) is 5.11 Å². The lowest BCUT2D eigenvalue weighted by atomic mass is 10.1. The first-order valence-corrected chi connectivity index (χ1v) is 4.38. The van der Waals surface area contributed by atoms with Crippen LogP contribution in [0.3, 0.4) is 0 Å². The fourth-order valence-electron chi connectivity index (χ4n) is 1.00. The van der Waals surface area contributed by atoms with Crippen LogP contribution in [0.25, 0.3) is 0 Å². The molecular weight excluding hydrogens is 172 g/mol. The van der Waals surface area contributed by atoms with Crippen molar-refractivity contribution in [2.24, 2.45) is 0 Å². The number of aryl methyl sites for hydroxylation is 1. The maximum atomic E-state index is 9.44. The van der Waals surface area contributed by atoms with Gasteiger partial charge in [0, 0.05) is 6.07 Å². The molecule has 0 bridgehead atoms. The van der Waals surface area contributed by atoms with Gasteiger partial charge in [-0.2, -0.15) is 12.6 Å². The Kier molecular flexibility index (Phi) is 3.29. The van der Waals surface area contributed by atoms with Crippen molar-refractivity contribution >= 4 is 12.6 Å². The summed E-state index contributed by atoms with van der Waals surface area (Å²) in [5, 5.41) is 9.44. The largest absolute Gasteiger partial charge is 0.508 e. The number of ether oxygens (including phenoxy) is 1. The predicted molar refractivity (Wildman–Crippen MR) is 52.2 cm³/mol. The van der Waals surface area contributed by atoms with Crippen LogP contribution in [-0.4, -0.2) is 18.0 Å². The molecule has 1 N–H and O–H groups in total. The van der Waals surface area contributed by atoms with Crippen LogP contribution in [0.1, 0.15) is 5.56 Å². The Labute approximate surface area is 77.6 Å². The van der Waals surface area contributed by atoms with Gasteiger partial charge >= 0.3 is 0 Å². The zero-order valence-corrected chi connectivity index (χ0v) is 7.84. The van der Waals surface area contributed by atoms with Crippen molar-refractivity contribution < 1.29 is 9.84 Å². The monoisotopic (exact) mass is 184 g/mol. The smallest absolute Gasteiger partial charge is 0.122 e. The lowest BCUT2D eigenvalue weighted by Gasteiger charge is -2.04. The Morgan fingerprint density at radius 3 is 2.75 bits per heavy atom. The standard InChI is InChI=1S/C9H12O2S/c1-11-8-3-2-7(4-5-12)9(10)6-8/h2-3,6,10,12H,4-5H2,1H3. The van der Waals surface area contributed by atoms with Gasteiger partial charge in [0.1, 0.15) is 11.5 Å². The minimum atomic E-state index is 0.281. The second kappa shape index (κ2) is 4.26. The molecule has 0 heterocycles. The molecule has 1 aromatic rings. The second-order valence-electron chi connectivity index (χ2n) is 2.47. The number of phenolic OH excluding ortho intramolecular Hbond substituents is 1. The quantitative estimate of drug-likeness (QED) is 0.702. The van der Waals surface area contributed by atoms with Gasteiger partial charge in [-0.25, -0.2) is 0 Å². The van der Waals surface area contributed by atoms with E-state index in [1.807, 2.05) is 12.1 Å². The number of thiol groups is 1. The highest BCUT2D eigenvalue weighted by Crippen LogP contribution is 2.23. The summed E-state index contributed by atoms with van der Waals surface area (Å²) in [6.07, 6.45) is 0.777. The van der Waals surface area contributed by atoms with Gasteiger partial charge in [0.25, 0.3) is 0 Å². The third kappa shape index (κ3) is 2.08. The average molecular weight is 184 g/mol. The molecule has 12 heavy (non-hydrogen) atoms. The van der Waals surface area contributed by atoms with Crippen LogP contribution in [-0.2, 0) is 6.42 Å². The first kappa shape index (κ1) is 9.26. The molecule has 0 atom stereocenters. The summed E-state index contributed by atoms with van der Waals surface area (Å²) < 4.78 is 4.95. The van der Waals surface area contributed by atoms with Gasteiger partial charge in [-0.3, -0.25) is 0 Å². The molecular formula is C9H12O2S. The summed E-state index contributed by atoms with van der Waals surface area (Å²) in [5.41, 5.74) is 0.908. The van der Waals surface area contributed by atoms with Crippen LogP contribution in [0.15, 0.2) is 18.2 Å². The Balaban J connectivity index is 2.87. The van der Waals surface area contributed by atoms with E-state index in [4.69, 9.17) is 4.74 Å². The molecule has 66 valence electrons. The summed E-state index contributed by atoms with van der Waals surface area (Å²) >= 11 is 4.09. The number of methoxy groups -OCH3 is 1. The van der Waals surface area contributed by atoms with Gasteiger partial charge in [-0.1, -0.05) is 6.07 Å².